The summed E-state index contributed by atoms with van der Waals surface area (Å²) < 4.78 is 10.8. The molecular weight excluding hydrogens is 368 g/mol. The first-order chi connectivity index (χ1) is 14.2. The number of rotatable bonds is 6. The maximum Gasteiger partial charge on any atom is 0.309 e. The highest BCUT2D eigenvalue weighted by atomic mass is 16.5. The van der Waals surface area contributed by atoms with Crippen molar-refractivity contribution in [2.45, 2.75) is 32.7 Å². The Labute approximate surface area is 170 Å². The lowest BCUT2D eigenvalue weighted by Crippen LogP contribution is -2.36. The van der Waals surface area contributed by atoms with Gasteiger partial charge in [0.15, 0.2) is 5.58 Å². The van der Waals surface area contributed by atoms with Crippen LogP contribution in [0.1, 0.15) is 36.6 Å². The molecule has 1 saturated heterocycles. The van der Waals surface area contributed by atoms with Gasteiger partial charge in [0.25, 0.3) is 0 Å². The first-order valence-electron chi connectivity index (χ1n) is 10.2. The van der Waals surface area contributed by atoms with E-state index in [1.165, 1.54) is 5.56 Å². The Kier molecular flexibility index (Phi) is 5.81. The molecule has 6 heteroatoms. The SMILES string of the molecule is CCOC(=O)C1CCN(Cc2c(O)ccc3c(Cc4ccccc4)noc23)CC1. The molecule has 0 unspecified atom stereocenters. The molecule has 29 heavy (non-hydrogen) atoms. The Bertz CT molecular complexity index is 975. The van der Waals surface area contributed by atoms with E-state index in [2.05, 4.69) is 22.2 Å². The van der Waals surface area contributed by atoms with Gasteiger partial charge in [0.1, 0.15) is 5.75 Å². The summed E-state index contributed by atoms with van der Waals surface area (Å²) in [5, 5.41) is 15.7. The van der Waals surface area contributed by atoms with Crippen LogP contribution in [-0.4, -0.2) is 40.8 Å². The fourth-order valence-corrected chi connectivity index (χ4v) is 3.98. The molecule has 3 aromatic rings. The van der Waals surface area contributed by atoms with Gasteiger partial charge in [-0.3, -0.25) is 9.69 Å². The van der Waals surface area contributed by atoms with Crippen molar-refractivity contribution in [2.24, 2.45) is 5.92 Å². The van der Waals surface area contributed by atoms with Crippen molar-refractivity contribution < 1.29 is 19.2 Å². The van der Waals surface area contributed by atoms with Gasteiger partial charge in [-0.25, -0.2) is 0 Å². The van der Waals surface area contributed by atoms with E-state index in [0.29, 0.717) is 25.2 Å². The summed E-state index contributed by atoms with van der Waals surface area (Å²) in [7, 11) is 0. The number of phenols is 1. The highest BCUT2D eigenvalue weighted by Gasteiger charge is 2.27. The van der Waals surface area contributed by atoms with Gasteiger partial charge in [0.2, 0.25) is 0 Å². The summed E-state index contributed by atoms with van der Waals surface area (Å²) in [4.78, 5) is 14.2. The average molecular weight is 394 g/mol. The van der Waals surface area contributed by atoms with Gasteiger partial charge in [-0.2, -0.15) is 0 Å². The van der Waals surface area contributed by atoms with Crippen molar-refractivity contribution in [1.29, 1.82) is 0 Å². The van der Waals surface area contributed by atoms with E-state index in [9.17, 15) is 9.90 Å². The summed E-state index contributed by atoms with van der Waals surface area (Å²) in [6.07, 6.45) is 2.22. The number of aromatic nitrogens is 1. The second kappa shape index (κ2) is 8.66. The van der Waals surface area contributed by atoms with E-state index in [1.54, 1.807) is 6.07 Å². The van der Waals surface area contributed by atoms with Crippen LogP contribution in [0.3, 0.4) is 0 Å². The Morgan fingerprint density at radius 2 is 1.97 bits per heavy atom. The third-order valence-electron chi connectivity index (χ3n) is 5.60. The van der Waals surface area contributed by atoms with Crippen LogP contribution in [0, 0.1) is 5.92 Å². The Hall–Kier alpha value is -2.86. The van der Waals surface area contributed by atoms with Crippen molar-refractivity contribution in [3.8, 4) is 5.75 Å². The largest absolute Gasteiger partial charge is 0.507 e. The fourth-order valence-electron chi connectivity index (χ4n) is 3.98. The maximum atomic E-state index is 11.9. The molecule has 1 aliphatic heterocycles. The lowest BCUT2D eigenvalue weighted by atomic mass is 9.96. The Balaban J connectivity index is 1.49. The predicted octanol–water partition coefficient (Wildman–Crippen LogP) is 3.90. The second-order valence-electron chi connectivity index (χ2n) is 7.53. The molecule has 0 radical (unpaired) electrons. The van der Waals surface area contributed by atoms with Gasteiger partial charge in [0, 0.05) is 18.4 Å². The molecular formula is C23H26N2O4. The number of carbonyl (C=O) groups is 1. The molecule has 0 aliphatic carbocycles. The highest BCUT2D eigenvalue weighted by Crippen LogP contribution is 2.32. The van der Waals surface area contributed by atoms with Crippen molar-refractivity contribution in [3.63, 3.8) is 0 Å². The number of hydrogen-bond donors (Lipinski definition) is 1. The minimum Gasteiger partial charge on any atom is -0.507 e. The number of ether oxygens (including phenoxy) is 1. The predicted molar refractivity (Wildman–Crippen MR) is 110 cm³/mol. The molecule has 1 aromatic heterocycles. The molecule has 0 spiro atoms. The minimum absolute atomic E-state index is 0.0293. The Morgan fingerprint density at radius 3 is 2.69 bits per heavy atom. The average Bonchev–Trinajstić information content (AvgIpc) is 3.14. The number of benzene rings is 2. The Morgan fingerprint density at radius 1 is 1.21 bits per heavy atom. The van der Waals surface area contributed by atoms with Crippen LogP contribution < -0.4 is 0 Å². The zero-order valence-electron chi connectivity index (χ0n) is 16.6. The third-order valence-corrected chi connectivity index (χ3v) is 5.60. The number of aromatic hydroxyl groups is 1. The molecule has 1 aliphatic rings. The maximum absolute atomic E-state index is 11.9. The summed E-state index contributed by atoms with van der Waals surface area (Å²) in [5.41, 5.74) is 3.43. The number of carbonyl (C=O) groups excluding carboxylic acids is 1. The minimum atomic E-state index is -0.0992. The summed E-state index contributed by atoms with van der Waals surface area (Å²) in [5.74, 6) is 0.0867. The van der Waals surface area contributed by atoms with Crippen LogP contribution in [0.15, 0.2) is 47.0 Å². The van der Waals surface area contributed by atoms with Gasteiger partial charge in [-0.15, -0.1) is 0 Å². The molecule has 0 saturated carbocycles. The van der Waals surface area contributed by atoms with Gasteiger partial charge in [-0.05, 0) is 50.6 Å². The van der Waals surface area contributed by atoms with Crippen LogP contribution in [0.25, 0.3) is 11.0 Å². The molecule has 0 bridgehead atoms. The molecule has 1 fully saturated rings. The lowest BCUT2D eigenvalue weighted by molar-refractivity contribution is -0.149. The first kappa shape index (κ1) is 19.5. The molecule has 0 atom stereocenters. The van der Waals surface area contributed by atoms with Crippen LogP contribution in [0.4, 0.5) is 0 Å². The van der Waals surface area contributed by atoms with Crippen LogP contribution in [0.2, 0.25) is 0 Å². The highest BCUT2D eigenvalue weighted by molar-refractivity contribution is 5.84. The van der Waals surface area contributed by atoms with Crippen molar-refractivity contribution >= 4 is 16.9 Å². The third kappa shape index (κ3) is 4.27. The summed E-state index contributed by atoms with van der Waals surface area (Å²) in [6, 6.07) is 13.7. The van der Waals surface area contributed by atoms with E-state index in [1.807, 2.05) is 31.2 Å². The zero-order valence-corrected chi connectivity index (χ0v) is 16.6. The van der Waals surface area contributed by atoms with Crippen molar-refractivity contribution in [2.75, 3.05) is 19.7 Å². The number of likely N-dealkylation sites (tertiary alicyclic amines) is 1. The van der Waals surface area contributed by atoms with Crippen LogP contribution in [-0.2, 0) is 22.5 Å². The summed E-state index contributed by atoms with van der Waals surface area (Å²) >= 11 is 0. The first-order valence-corrected chi connectivity index (χ1v) is 10.2. The number of esters is 1. The van der Waals surface area contributed by atoms with E-state index >= 15 is 0 Å². The lowest BCUT2D eigenvalue weighted by Gasteiger charge is -2.30. The number of fused-ring (bicyclic) bond motifs is 1. The second-order valence-corrected chi connectivity index (χ2v) is 7.53. The number of piperidine rings is 1. The van der Waals surface area contributed by atoms with Gasteiger partial charge in [-0.1, -0.05) is 35.5 Å². The molecule has 2 aromatic carbocycles. The van der Waals surface area contributed by atoms with E-state index < -0.39 is 0 Å². The molecule has 2 heterocycles. The molecule has 6 nitrogen and oxygen atoms in total. The molecule has 4 rings (SSSR count). The smallest absolute Gasteiger partial charge is 0.309 e. The number of hydrogen-bond acceptors (Lipinski definition) is 6. The molecule has 0 amide bonds. The zero-order chi connectivity index (χ0) is 20.2. The van der Waals surface area contributed by atoms with E-state index in [0.717, 1.165) is 42.6 Å². The monoisotopic (exact) mass is 394 g/mol. The standard InChI is InChI=1S/C23H26N2O4/c1-2-28-23(27)17-10-12-25(13-11-17)15-19-21(26)9-8-18-20(24-29-22(18)19)14-16-6-4-3-5-7-16/h3-9,17,26H,2,10-15H2,1H3. The van der Waals surface area contributed by atoms with Crippen molar-refractivity contribution in [1.82, 2.24) is 10.1 Å². The summed E-state index contributed by atoms with van der Waals surface area (Å²) in [6.45, 7) is 4.39. The number of phenolic OH excluding ortho intramolecular Hbond substituents is 1. The van der Waals surface area contributed by atoms with E-state index in [-0.39, 0.29) is 17.6 Å². The fraction of sp³-hybridized carbons (Fsp3) is 0.391. The van der Waals surface area contributed by atoms with Gasteiger partial charge in [0.05, 0.1) is 23.8 Å². The topological polar surface area (TPSA) is 75.8 Å². The normalized spacial score (nSPS) is 15.6. The van der Waals surface area contributed by atoms with Gasteiger partial charge >= 0.3 is 5.97 Å². The van der Waals surface area contributed by atoms with Gasteiger partial charge < -0.3 is 14.4 Å². The quantitative estimate of drug-likeness (QED) is 0.639. The van der Waals surface area contributed by atoms with Crippen LogP contribution in [0.5, 0.6) is 5.75 Å². The van der Waals surface area contributed by atoms with E-state index in [4.69, 9.17) is 9.26 Å². The molecule has 1 N–H and O–H groups in total. The van der Waals surface area contributed by atoms with Crippen LogP contribution >= 0.6 is 0 Å². The van der Waals surface area contributed by atoms with Crippen molar-refractivity contribution in [3.05, 3.63) is 59.3 Å². The molecule has 152 valence electrons. The number of nitrogens with zero attached hydrogens (tertiary/aromatic N) is 2.